The molecule has 0 aromatic rings. The van der Waals surface area contributed by atoms with Crippen molar-refractivity contribution in [3.8, 4) is 0 Å². The number of halogens is 1. The molecule has 156 valence electrons. The summed E-state index contributed by atoms with van der Waals surface area (Å²) in [4.78, 5) is 15.5. The summed E-state index contributed by atoms with van der Waals surface area (Å²) in [6, 6.07) is 0. The molecule has 0 aliphatic rings. The lowest BCUT2D eigenvalue weighted by atomic mass is 10.2. The zero-order chi connectivity index (χ0) is 19.3. The van der Waals surface area contributed by atoms with Crippen molar-refractivity contribution in [2.24, 2.45) is 4.99 Å². The highest BCUT2D eigenvalue weighted by Crippen LogP contribution is 2.06. The van der Waals surface area contributed by atoms with Crippen molar-refractivity contribution in [3.63, 3.8) is 0 Å². The maximum Gasteiger partial charge on any atom is 0.407 e. The summed E-state index contributed by atoms with van der Waals surface area (Å²) in [5, 5.41) is 8.83. The second-order valence-corrected chi connectivity index (χ2v) is 8.71. The van der Waals surface area contributed by atoms with E-state index in [0.717, 1.165) is 0 Å². The van der Waals surface area contributed by atoms with Gasteiger partial charge in [-0.15, -0.1) is 24.0 Å². The highest BCUT2D eigenvalue weighted by atomic mass is 127. The fourth-order valence-electron chi connectivity index (χ4n) is 1.57. The van der Waals surface area contributed by atoms with E-state index in [-0.39, 0.29) is 36.3 Å². The minimum absolute atomic E-state index is 0. The molecule has 0 saturated heterocycles. The Balaban J connectivity index is 0. The van der Waals surface area contributed by atoms with Gasteiger partial charge >= 0.3 is 6.09 Å². The van der Waals surface area contributed by atoms with Gasteiger partial charge in [-0.2, -0.15) is 0 Å². The zero-order valence-electron chi connectivity index (χ0n) is 16.3. The largest absolute Gasteiger partial charge is 0.444 e. The molecule has 11 heteroatoms. The Labute approximate surface area is 174 Å². The van der Waals surface area contributed by atoms with E-state index in [9.17, 15) is 13.2 Å². The third kappa shape index (κ3) is 19.5. The molecule has 0 heterocycles. The van der Waals surface area contributed by atoms with Gasteiger partial charge in [0.25, 0.3) is 0 Å². The van der Waals surface area contributed by atoms with E-state index < -0.39 is 21.5 Å². The van der Waals surface area contributed by atoms with Crippen LogP contribution in [0.25, 0.3) is 0 Å². The fourth-order valence-corrected chi connectivity index (χ4v) is 1.99. The standard InChI is InChI=1S/C15H32N4O5S.HI/c1-15(2,3)24-14(20)19-8-6-7-17-13(16-4)18-9-10-23-11-12-25(5,21)22;/h6-12H2,1-5H3,(H,19,20)(H2,16,17,18);1H. The number of hydrogen-bond donors (Lipinski definition) is 3. The van der Waals surface area contributed by atoms with E-state index in [1.165, 1.54) is 6.26 Å². The average Bonchev–Trinajstić information content (AvgIpc) is 2.45. The molecule has 0 saturated carbocycles. The summed E-state index contributed by atoms with van der Waals surface area (Å²) in [6.45, 7) is 7.65. The molecule has 0 radical (unpaired) electrons. The number of amides is 1. The molecule has 0 aliphatic heterocycles. The number of alkyl carbamates (subject to hydrolysis) is 1. The summed E-state index contributed by atoms with van der Waals surface area (Å²) in [6.07, 6.45) is 1.46. The minimum atomic E-state index is -2.99. The second-order valence-electron chi connectivity index (χ2n) is 6.45. The van der Waals surface area contributed by atoms with E-state index in [4.69, 9.17) is 9.47 Å². The second kappa shape index (κ2) is 14.3. The average molecular weight is 508 g/mol. The van der Waals surface area contributed by atoms with Crippen LogP contribution < -0.4 is 16.0 Å². The molecule has 0 bridgehead atoms. The third-order valence-electron chi connectivity index (χ3n) is 2.68. The Hall–Kier alpha value is -0.820. The number of rotatable bonds is 10. The number of aliphatic imine (C=N–C) groups is 1. The van der Waals surface area contributed by atoms with Gasteiger partial charge in [-0.1, -0.05) is 0 Å². The van der Waals surface area contributed by atoms with Crippen molar-refractivity contribution in [1.29, 1.82) is 0 Å². The lowest BCUT2D eigenvalue weighted by Gasteiger charge is -2.19. The zero-order valence-corrected chi connectivity index (χ0v) is 19.4. The van der Waals surface area contributed by atoms with Gasteiger partial charge in [-0.3, -0.25) is 4.99 Å². The Kier molecular flexibility index (Phi) is 15.0. The summed E-state index contributed by atoms with van der Waals surface area (Å²) in [7, 11) is -1.33. The van der Waals surface area contributed by atoms with Crippen LogP contribution in [-0.4, -0.2) is 78.0 Å². The van der Waals surface area contributed by atoms with E-state index in [1.54, 1.807) is 7.05 Å². The number of ether oxygens (including phenoxy) is 2. The maximum absolute atomic E-state index is 11.5. The van der Waals surface area contributed by atoms with Crippen molar-refractivity contribution in [2.45, 2.75) is 32.8 Å². The first-order valence-electron chi connectivity index (χ1n) is 8.20. The quantitative estimate of drug-likeness (QED) is 0.173. The minimum Gasteiger partial charge on any atom is -0.444 e. The van der Waals surface area contributed by atoms with Crippen LogP contribution in [0.1, 0.15) is 27.2 Å². The van der Waals surface area contributed by atoms with Crippen molar-refractivity contribution in [3.05, 3.63) is 0 Å². The Morgan fingerprint density at radius 3 is 2.15 bits per heavy atom. The van der Waals surface area contributed by atoms with Gasteiger partial charge in [0.2, 0.25) is 0 Å². The van der Waals surface area contributed by atoms with Crippen LogP contribution in [0.4, 0.5) is 4.79 Å². The van der Waals surface area contributed by atoms with Crippen LogP contribution in [-0.2, 0) is 19.3 Å². The molecular weight excluding hydrogens is 475 g/mol. The molecule has 0 fully saturated rings. The lowest BCUT2D eigenvalue weighted by molar-refractivity contribution is 0.0527. The van der Waals surface area contributed by atoms with Crippen LogP contribution in [0.3, 0.4) is 0 Å². The molecule has 0 aromatic carbocycles. The molecule has 0 unspecified atom stereocenters. The summed E-state index contributed by atoms with van der Waals surface area (Å²) in [5.74, 6) is 0.633. The molecule has 0 rings (SSSR count). The van der Waals surface area contributed by atoms with Crippen LogP contribution >= 0.6 is 24.0 Å². The highest BCUT2D eigenvalue weighted by Gasteiger charge is 2.15. The predicted octanol–water partition coefficient (Wildman–Crippen LogP) is 0.745. The van der Waals surface area contributed by atoms with Crippen LogP contribution in [0, 0.1) is 0 Å². The molecule has 26 heavy (non-hydrogen) atoms. The molecule has 0 aromatic heterocycles. The number of guanidine groups is 1. The predicted molar refractivity (Wildman–Crippen MR) is 114 cm³/mol. The number of carbonyl (C=O) groups is 1. The van der Waals surface area contributed by atoms with Gasteiger partial charge in [0.15, 0.2) is 5.96 Å². The van der Waals surface area contributed by atoms with Crippen LogP contribution in [0.15, 0.2) is 4.99 Å². The number of sulfone groups is 1. The van der Waals surface area contributed by atoms with Crippen molar-refractivity contribution >= 4 is 45.9 Å². The van der Waals surface area contributed by atoms with Crippen LogP contribution in [0.2, 0.25) is 0 Å². The molecular formula is C15H33IN4O5S. The van der Waals surface area contributed by atoms with Crippen molar-refractivity contribution < 1.29 is 22.7 Å². The van der Waals surface area contributed by atoms with Gasteiger partial charge in [0.1, 0.15) is 15.4 Å². The van der Waals surface area contributed by atoms with Crippen LogP contribution in [0.5, 0.6) is 0 Å². The van der Waals surface area contributed by atoms with Gasteiger partial charge < -0.3 is 25.4 Å². The third-order valence-corrected chi connectivity index (χ3v) is 3.58. The number of carbonyl (C=O) groups excluding carboxylic acids is 1. The maximum atomic E-state index is 11.5. The Morgan fingerprint density at radius 1 is 1.04 bits per heavy atom. The molecule has 9 nitrogen and oxygen atoms in total. The lowest BCUT2D eigenvalue weighted by Crippen LogP contribution is -2.40. The number of nitrogens with zero attached hydrogens (tertiary/aromatic N) is 1. The molecule has 1 amide bonds. The monoisotopic (exact) mass is 508 g/mol. The van der Waals surface area contributed by atoms with E-state index in [1.807, 2.05) is 20.8 Å². The first-order chi connectivity index (χ1) is 11.5. The van der Waals surface area contributed by atoms with E-state index in [2.05, 4.69) is 20.9 Å². The Morgan fingerprint density at radius 2 is 1.62 bits per heavy atom. The van der Waals surface area contributed by atoms with Crippen molar-refractivity contribution in [2.75, 3.05) is 51.9 Å². The SMILES string of the molecule is CN=C(NCCCNC(=O)OC(C)(C)C)NCCOCCS(C)(=O)=O.I. The summed E-state index contributed by atoms with van der Waals surface area (Å²) in [5.41, 5.74) is -0.502. The van der Waals surface area contributed by atoms with Gasteiger partial charge in [-0.05, 0) is 27.2 Å². The smallest absolute Gasteiger partial charge is 0.407 e. The summed E-state index contributed by atoms with van der Waals surface area (Å²) < 4.78 is 32.2. The first-order valence-corrected chi connectivity index (χ1v) is 10.3. The fraction of sp³-hybridized carbons (Fsp3) is 0.867. The first kappa shape index (κ1) is 27.4. The Bertz CT molecular complexity index is 521. The topological polar surface area (TPSA) is 118 Å². The highest BCUT2D eigenvalue weighted by molar-refractivity contribution is 14.0. The van der Waals surface area contributed by atoms with E-state index in [0.29, 0.717) is 38.6 Å². The number of nitrogens with one attached hydrogen (secondary N) is 3. The summed E-state index contributed by atoms with van der Waals surface area (Å²) >= 11 is 0. The molecule has 3 N–H and O–H groups in total. The van der Waals surface area contributed by atoms with Crippen molar-refractivity contribution in [1.82, 2.24) is 16.0 Å². The van der Waals surface area contributed by atoms with Gasteiger partial charge in [-0.25, -0.2) is 13.2 Å². The number of hydrogen-bond acceptors (Lipinski definition) is 6. The molecule has 0 spiro atoms. The van der Waals surface area contributed by atoms with Gasteiger partial charge in [0, 0.05) is 32.9 Å². The normalized spacial score (nSPS) is 12.1. The molecule has 0 atom stereocenters. The van der Waals surface area contributed by atoms with E-state index >= 15 is 0 Å². The van der Waals surface area contributed by atoms with Gasteiger partial charge in [0.05, 0.1) is 19.0 Å². The molecule has 0 aliphatic carbocycles.